The topological polar surface area (TPSA) is 34.1 Å². The number of sulfone groups is 1. The van der Waals surface area contributed by atoms with Crippen LogP contribution in [0.3, 0.4) is 0 Å². The van der Waals surface area contributed by atoms with Gasteiger partial charge in [-0.3, -0.25) is 0 Å². The summed E-state index contributed by atoms with van der Waals surface area (Å²) in [7, 11) is -3.26. The van der Waals surface area contributed by atoms with Crippen molar-refractivity contribution in [3.8, 4) is 0 Å². The molecule has 0 saturated heterocycles. The van der Waals surface area contributed by atoms with Crippen molar-refractivity contribution in [1.82, 2.24) is 0 Å². The fourth-order valence-corrected chi connectivity index (χ4v) is 3.49. The van der Waals surface area contributed by atoms with Crippen LogP contribution in [-0.2, 0) is 9.84 Å². The van der Waals surface area contributed by atoms with Gasteiger partial charge >= 0.3 is 0 Å². The molecule has 2 rings (SSSR count). The highest BCUT2D eigenvalue weighted by atomic mass is 32.2. The lowest BCUT2D eigenvalue weighted by Gasteiger charge is -2.04. The zero-order chi connectivity index (χ0) is 16.0. The van der Waals surface area contributed by atoms with E-state index in [0.717, 1.165) is 11.1 Å². The molecular weight excluding hydrogens is 292 g/mol. The van der Waals surface area contributed by atoms with Gasteiger partial charge in [-0.1, -0.05) is 71.8 Å². The van der Waals surface area contributed by atoms with Gasteiger partial charge in [-0.15, -0.1) is 0 Å². The second kappa shape index (κ2) is 7.23. The first-order chi connectivity index (χ1) is 10.5. The van der Waals surface area contributed by atoms with E-state index < -0.39 is 9.84 Å². The largest absolute Gasteiger partial charge is 0.223 e. The Balaban J connectivity index is 2.05. The van der Waals surface area contributed by atoms with Crippen molar-refractivity contribution in [1.29, 1.82) is 0 Å². The minimum atomic E-state index is -3.26. The number of hydrogen-bond acceptors (Lipinski definition) is 2. The van der Waals surface area contributed by atoms with Crippen molar-refractivity contribution in [3.05, 3.63) is 83.4 Å². The summed E-state index contributed by atoms with van der Waals surface area (Å²) in [5.74, 6) is 0.0370. The molecule has 0 spiro atoms. The third kappa shape index (κ3) is 4.71. The van der Waals surface area contributed by atoms with Crippen LogP contribution in [0.15, 0.2) is 77.2 Å². The van der Waals surface area contributed by atoms with E-state index >= 15 is 0 Å². The third-order valence-electron chi connectivity index (χ3n) is 3.27. The monoisotopic (exact) mass is 312 g/mol. The molecule has 0 amide bonds. The Morgan fingerprint density at radius 1 is 1.00 bits per heavy atom. The van der Waals surface area contributed by atoms with Crippen LogP contribution in [0.4, 0.5) is 0 Å². The Morgan fingerprint density at radius 3 is 2.27 bits per heavy atom. The highest BCUT2D eigenvalue weighted by Crippen LogP contribution is 2.13. The van der Waals surface area contributed by atoms with Gasteiger partial charge in [0.2, 0.25) is 0 Å². The molecule has 22 heavy (non-hydrogen) atoms. The minimum absolute atomic E-state index is 0.0370. The lowest BCUT2D eigenvalue weighted by atomic mass is 10.1. The minimum Gasteiger partial charge on any atom is -0.223 e. The van der Waals surface area contributed by atoms with Crippen LogP contribution in [0.5, 0.6) is 0 Å². The molecule has 3 heteroatoms. The molecule has 0 atom stereocenters. The quantitative estimate of drug-likeness (QED) is 0.765. The summed E-state index contributed by atoms with van der Waals surface area (Å²) in [5.41, 5.74) is 3.13. The average Bonchev–Trinajstić information content (AvgIpc) is 2.50. The number of hydrogen-bond donors (Lipinski definition) is 0. The maximum atomic E-state index is 12.2. The zero-order valence-electron chi connectivity index (χ0n) is 12.9. The Hall–Kier alpha value is -2.13. The molecule has 0 unspecified atom stereocenters. The summed E-state index contributed by atoms with van der Waals surface area (Å²) >= 11 is 0. The molecule has 0 aliphatic carbocycles. The SMILES string of the molecule is CC(=CC=Cc1ccc(C)cc1)CS(=O)(=O)c1ccccc1. The molecule has 0 N–H and O–H groups in total. The van der Waals surface area contributed by atoms with Crippen LogP contribution in [0.2, 0.25) is 0 Å². The Bertz CT molecular complexity index is 768. The van der Waals surface area contributed by atoms with Gasteiger partial charge in [-0.2, -0.15) is 0 Å². The summed E-state index contributed by atoms with van der Waals surface area (Å²) in [6.45, 7) is 3.88. The summed E-state index contributed by atoms with van der Waals surface area (Å²) in [4.78, 5) is 0.366. The first-order valence-electron chi connectivity index (χ1n) is 7.16. The molecule has 2 aromatic rings. The lowest BCUT2D eigenvalue weighted by molar-refractivity contribution is 0.598. The third-order valence-corrected chi connectivity index (χ3v) is 5.09. The highest BCUT2D eigenvalue weighted by Gasteiger charge is 2.13. The van der Waals surface area contributed by atoms with E-state index in [-0.39, 0.29) is 5.75 Å². The van der Waals surface area contributed by atoms with Crippen LogP contribution in [0.1, 0.15) is 18.1 Å². The number of aryl methyl sites for hydroxylation is 1. The first-order valence-corrected chi connectivity index (χ1v) is 8.81. The maximum absolute atomic E-state index is 12.2. The van der Waals surface area contributed by atoms with Crippen LogP contribution in [-0.4, -0.2) is 14.2 Å². The van der Waals surface area contributed by atoms with Crippen LogP contribution in [0.25, 0.3) is 6.08 Å². The molecule has 0 aliphatic heterocycles. The summed E-state index contributed by atoms with van der Waals surface area (Å²) in [6.07, 6.45) is 5.71. The van der Waals surface area contributed by atoms with E-state index in [4.69, 9.17) is 0 Å². The second-order valence-electron chi connectivity index (χ2n) is 5.35. The van der Waals surface area contributed by atoms with Gasteiger partial charge in [0, 0.05) is 0 Å². The zero-order valence-corrected chi connectivity index (χ0v) is 13.7. The Morgan fingerprint density at radius 2 is 1.64 bits per heavy atom. The predicted molar refractivity (Wildman–Crippen MR) is 92.5 cm³/mol. The van der Waals surface area contributed by atoms with Crippen molar-refractivity contribution < 1.29 is 8.42 Å². The fourth-order valence-electron chi connectivity index (χ4n) is 2.06. The first kappa shape index (κ1) is 16.2. The van der Waals surface area contributed by atoms with E-state index in [1.54, 1.807) is 24.3 Å². The van der Waals surface area contributed by atoms with E-state index in [1.165, 1.54) is 5.56 Å². The van der Waals surface area contributed by atoms with Crippen molar-refractivity contribution in [2.24, 2.45) is 0 Å². The molecule has 0 fully saturated rings. The van der Waals surface area contributed by atoms with Crippen molar-refractivity contribution >= 4 is 15.9 Å². The number of rotatable bonds is 5. The normalized spacial score (nSPS) is 12.7. The van der Waals surface area contributed by atoms with Crippen molar-refractivity contribution in [2.75, 3.05) is 5.75 Å². The molecule has 2 aromatic carbocycles. The van der Waals surface area contributed by atoms with Crippen LogP contribution < -0.4 is 0 Å². The van der Waals surface area contributed by atoms with Gasteiger partial charge in [0.05, 0.1) is 10.6 Å². The number of allylic oxidation sites excluding steroid dienone is 2. The summed E-state index contributed by atoms with van der Waals surface area (Å²) in [6, 6.07) is 16.7. The van der Waals surface area contributed by atoms with Gasteiger partial charge in [0.25, 0.3) is 0 Å². The lowest BCUT2D eigenvalue weighted by Crippen LogP contribution is -2.07. The van der Waals surface area contributed by atoms with E-state index in [1.807, 2.05) is 50.3 Å². The Kier molecular flexibility index (Phi) is 5.34. The molecule has 2 nitrogen and oxygen atoms in total. The Labute approximate surface area is 132 Å². The highest BCUT2D eigenvalue weighted by molar-refractivity contribution is 7.91. The molecule has 0 heterocycles. The molecule has 0 aromatic heterocycles. The van der Waals surface area contributed by atoms with E-state index in [0.29, 0.717) is 4.90 Å². The standard InChI is InChI=1S/C19H20O2S/c1-16-11-13-18(14-12-16)8-6-7-17(2)15-22(20,21)19-9-4-3-5-10-19/h3-14H,15H2,1-2H3. The van der Waals surface area contributed by atoms with Gasteiger partial charge in [0.1, 0.15) is 0 Å². The van der Waals surface area contributed by atoms with Gasteiger partial charge in [-0.05, 0) is 31.5 Å². The summed E-state index contributed by atoms with van der Waals surface area (Å²) < 4.78 is 24.5. The van der Waals surface area contributed by atoms with Gasteiger partial charge in [-0.25, -0.2) is 8.42 Å². The van der Waals surface area contributed by atoms with Gasteiger partial charge < -0.3 is 0 Å². The molecule has 114 valence electrons. The molecule has 0 radical (unpaired) electrons. The van der Waals surface area contributed by atoms with Crippen molar-refractivity contribution in [2.45, 2.75) is 18.7 Å². The van der Waals surface area contributed by atoms with E-state index in [2.05, 4.69) is 12.1 Å². The van der Waals surface area contributed by atoms with Crippen LogP contribution in [0, 0.1) is 6.92 Å². The average molecular weight is 312 g/mol. The summed E-state index contributed by atoms with van der Waals surface area (Å²) in [5, 5.41) is 0. The molecule has 0 bridgehead atoms. The fraction of sp³-hybridized carbons (Fsp3) is 0.158. The smallest absolute Gasteiger partial charge is 0.182 e. The van der Waals surface area contributed by atoms with Crippen LogP contribution >= 0.6 is 0 Å². The van der Waals surface area contributed by atoms with Crippen molar-refractivity contribution in [3.63, 3.8) is 0 Å². The van der Waals surface area contributed by atoms with Gasteiger partial charge in [0.15, 0.2) is 9.84 Å². The molecule has 0 aliphatic rings. The number of benzene rings is 2. The maximum Gasteiger partial charge on any atom is 0.182 e. The molecular formula is C19H20O2S. The second-order valence-corrected chi connectivity index (χ2v) is 7.34. The van der Waals surface area contributed by atoms with E-state index in [9.17, 15) is 8.42 Å². The molecule has 0 saturated carbocycles. The predicted octanol–water partition coefficient (Wildman–Crippen LogP) is 4.43.